The van der Waals surface area contributed by atoms with Crippen molar-refractivity contribution in [1.29, 1.82) is 0 Å². The maximum Gasteiger partial charge on any atom is 0.318 e. The van der Waals surface area contributed by atoms with Gasteiger partial charge in [0.25, 0.3) is 0 Å². The number of amides is 3. The van der Waals surface area contributed by atoms with E-state index in [0.717, 1.165) is 23.4 Å². The number of nitrogens with one attached hydrogen (secondary N) is 1. The van der Waals surface area contributed by atoms with Gasteiger partial charge < -0.3 is 19.7 Å². The van der Waals surface area contributed by atoms with Gasteiger partial charge in [0.2, 0.25) is 5.91 Å². The summed E-state index contributed by atoms with van der Waals surface area (Å²) in [4.78, 5) is 30.1. The topological polar surface area (TPSA) is 57.6 Å². The lowest BCUT2D eigenvalue weighted by molar-refractivity contribution is -0.134. The second-order valence-electron chi connectivity index (χ2n) is 9.93. The Morgan fingerprint density at radius 1 is 1.13 bits per heavy atom. The van der Waals surface area contributed by atoms with E-state index in [9.17, 15) is 9.59 Å². The minimum Gasteiger partial charge on any atom is -0.348 e. The second kappa shape index (κ2) is 9.16. The van der Waals surface area contributed by atoms with E-state index in [-0.39, 0.29) is 36.0 Å². The molecule has 2 heterocycles. The van der Waals surface area contributed by atoms with Crippen molar-refractivity contribution in [3.8, 4) is 0 Å². The van der Waals surface area contributed by atoms with Crippen LogP contribution in [0.5, 0.6) is 0 Å². The molecule has 1 aliphatic heterocycles. The molecule has 1 aliphatic rings. The molecule has 0 unspecified atom stereocenters. The molecule has 3 amide bonds. The van der Waals surface area contributed by atoms with E-state index >= 15 is 0 Å². The number of aryl methyl sites for hydroxylation is 1. The van der Waals surface area contributed by atoms with Crippen LogP contribution in [0, 0.1) is 12.8 Å². The highest BCUT2D eigenvalue weighted by Gasteiger charge is 2.34. The maximum atomic E-state index is 13.6. The highest BCUT2D eigenvalue weighted by Crippen LogP contribution is 2.34. The molecule has 1 N–H and O–H groups in total. The van der Waals surface area contributed by atoms with Crippen molar-refractivity contribution < 1.29 is 9.59 Å². The number of carbonyl (C=O) groups is 2. The van der Waals surface area contributed by atoms with Gasteiger partial charge in [-0.3, -0.25) is 4.79 Å². The molecular formula is C25H36N4O2. The number of rotatable bonds is 5. The van der Waals surface area contributed by atoms with Crippen LogP contribution in [0.15, 0.2) is 42.6 Å². The molecule has 0 saturated carbocycles. The first-order chi connectivity index (χ1) is 14.6. The Bertz CT molecular complexity index is 926. The minimum atomic E-state index is -0.356. The minimum absolute atomic E-state index is 0.0228. The van der Waals surface area contributed by atoms with E-state index in [1.54, 1.807) is 4.90 Å². The lowest BCUT2D eigenvalue weighted by Crippen LogP contribution is -2.53. The zero-order valence-corrected chi connectivity index (χ0v) is 19.7. The molecule has 0 radical (unpaired) electrons. The number of nitrogens with zero attached hydrogens (tertiary/aromatic N) is 3. The highest BCUT2D eigenvalue weighted by molar-refractivity contribution is 5.85. The molecule has 31 heavy (non-hydrogen) atoms. The van der Waals surface area contributed by atoms with Crippen LogP contribution in [-0.4, -0.2) is 51.5 Å². The van der Waals surface area contributed by atoms with E-state index in [1.807, 2.05) is 43.9 Å². The number of benzene rings is 1. The van der Waals surface area contributed by atoms with E-state index in [1.165, 1.54) is 0 Å². The third-order valence-corrected chi connectivity index (χ3v) is 5.52. The summed E-state index contributed by atoms with van der Waals surface area (Å²) in [5, 5.41) is 3.01. The Kier molecular flexibility index (Phi) is 6.77. The molecule has 2 aromatic rings. The molecule has 0 fully saturated rings. The van der Waals surface area contributed by atoms with E-state index in [2.05, 4.69) is 55.1 Å². The summed E-state index contributed by atoms with van der Waals surface area (Å²) in [6, 6.07) is 12.0. The molecular weight excluding hydrogens is 388 g/mol. The molecule has 0 aliphatic carbocycles. The van der Waals surface area contributed by atoms with Crippen molar-refractivity contribution in [3.63, 3.8) is 0 Å². The average Bonchev–Trinajstić information content (AvgIpc) is 3.14. The van der Waals surface area contributed by atoms with Gasteiger partial charge >= 0.3 is 6.03 Å². The molecule has 168 valence electrons. The quantitative estimate of drug-likeness (QED) is 0.782. The summed E-state index contributed by atoms with van der Waals surface area (Å²) in [5.41, 5.74) is 3.04. The molecule has 1 aromatic carbocycles. The molecule has 6 nitrogen and oxygen atoms in total. The van der Waals surface area contributed by atoms with Crippen LogP contribution in [0.1, 0.15) is 57.5 Å². The number of hydrogen-bond acceptors (Lipinski definition) is 2. The monoisotopic (exact) mass is 424 g/mol. The zero-order chi connectivity index (χ0) is 22.8. The molecule has 6 heteroatoms. The first-order valence-electron chi connectivity index (χ1n) is 11.1. The van der Waals surface area contributed by atoms with Gasteiger partial charge in [-0.1, -0.05) is 38.1 Å². The predicted molar refractivity (Wildman–Crippen MR) is 124 cm³/mol. The SMILES string of the molecule is Cc1ccccc1[C@H]1c2cccn2CCN1C(=O)CN(CC(C)C)C(=O)NC(C)(C)C. The second-order valence-corrected chi connectivity index (χ2v) is 9.93. The van der Waals surface area contributed by atoms with Crippen LogP contribution in [0.4, 0.5) is 4.79 Å². The maximum absolute atomic E-state index is 13.6. The lowest BCUT2D eigenvalue weighted by Gasteiger charge is -2.39. The Labute approximate surface area is 186 Å². The number of urea groups is 1. The van der Waals surface area contributed by atoms with Crippen LogP contribution in [-0.2, 0) is 11.3 Å². The van der Waals surface area contributed by atoms with Gasteiger partial charge in [0.05, 0.1) is 6.04 Å². The van der Waals surface area contributed by atoms with Crippen LogP contribution in [0.2, 0.25) is 0 Å². The molecule has 0 saturated heterocycles. The van der Waals surface area contributed by atoms with Gasteiger partial charge in [0, 0.05) is 37.1 Å². The summed E-state index contributed by atoms with van der Waals surface area (Å²) >= 11 is 0. The first kappa shape index (κ1) is 22.9. The average molecular weight is 425 g/mol. The van der Waals surface area contributed by atoms with Crippen molar-refractivity contribution in [2.24, 2.45) is 5.92 Å². The van der Waals surface area contributed by atoms with Gasteiger partial charge in [0.15, 0.2) is 0 Å². The standard InChI is InChI=1S/C25H36N4O2/c1-18(2)16-28(24(31)26-25(4,5)6)17-22(30)29-15-14-27-13-9-12-21(27)23(29)20-11-8-7-10-19(20)3/h7-13,18,23H,14-17H2,1-6H3,(H,26,31)/t23-/m0/s1. The molecule has 3 rings (SSSR count). The highest BCUT2D eigenvalue weighted by atomic mass is 16.2. The Morgan fingerprint density at radius 3 is 2.48 bits per heavy atom. The fourth-order valence-electron chi connectivity index (χ4n) is 4.19. The fourth-order valence-corrected chi connectivity index (χ4v) is 4.19. The van der Waals surface area contributed by atoms with Crippen LogP contribution in [0.25, 0.3) is 0 Å². The predicted octanol–water partition coefficient (Wildman–Crippen LogP) is 4.19. The van der Waals surface area contributed by atoms with Crippen molar-refractivity contribution in [2.75, 3.05) is 19.6 Å². The summed E-state index contributed by atoms with van der Waals surface area (Å²) in [7, 11) is 0. The first-order valence-corrected chi connectivity index (χ1v) is 11.1. The molecule has 1 aromatic heterocycles. The Balaban J connectivity index is 1.89. The molecule has 0 bridgehead atoms. The van der Waals surface area contributed by atoms with Crippen molar-refractivity contribution in [2.45, 2.75) is 59.7 Å². The van der Waals surface area contributed by atoms with Crippen molar-refractivity contribution in [1.82, 2.24) is 19.7 Å². The van der Waals surface area contributed by atoms with Gasteiger partial charge in [-0.25, -0.2) is 4.79 Å². The Morgan fingerprint density at radius 2 is 1.84 bits per heavy atom. The van der Waals surface area contributed by atoms with E-state index < -0.39 is 0 Å². The normalized spacial score (nSPS) is 16.2. The van der Waals surface area contributed by atoms with Crippen LogP contribution in [0.3, 0.4) is 0 Å². The number of aromatic nitrogens is 1. The number of fused-ring (bicyclic) bond motifs is 1. The van der Waals surface area contributed by atoms with Crippen molar-refractivity contribution >= 4 is 11.9 Å². The zero-order valence-electron chi connectivity index (χ0n) is 19.7. The molecule has 1 atom stereocenters. The third kappa shape index (κ3) is 5.49. The smallest absolute Gasteiger partial charge is 0.318 e. The number of hydrogen-bond donors (Lipinski definition) is 1. The lowest BCUT2D eigenvalue weighted by atomic mass is 9.95. The van der Waals surface area contributed by atoms with Crippen LogP contribution >= 0.6 is 0 Å². The summed E-state index contributed by atoms with van der Waals surface area (Å²) in [6.45, 7) is 14.0. The van der Waals surface area contributed by atoms with Crippen LogP contribution < -0.4 is 5.32 Å². The van der Waals surface area contributed by atoms with Gasteiger partial charge in [-0.15, -0.1) is 0 Å². The number of carbonyl (C=O) groups excluding carboxylic acids is 2. The molecule has 0 spiro atoms. The van der Waals surface area contributed by atoms with Gasteiger partial charge in [-0.05, 0) is 56.9 Å². The van der Waals surface area contributed by atoms with E-state index in [4.69, 9.17) is 0 Å². The summed E-state index contributed by atoms with van der Waals surface area (Å²) in [6.07, 6.45) is 2.07. The van der Waals surface area contributed by atoms with Crippen molar-refractivity contribution in [3.05, 3.63) is 59.4 Å². The largest absolute Gasteiger partial charge is 0.348 e. The fraction of sp³-hybridized carbons (Fsp3) is 0.520. The Hall–Kier alpha value is -2.76. The summed E-state index contributed by atoms with van der Waals surface area (Å²) in [5.74, 6) is 0.245. The van der Waals surface area contributed by atoms with Gasteiger partial charge in [-0.2, -0.15) is 0 Å². The summed E-state index contributed by atoms with van der Waals surface area (Å²) < 4.78 is 2.22. The third-order valence-electron chi connectivity index (χ3n) is 5.52. The van der Waals surface area contributed by atoms with E-state index in [0.29, 0.717) is 13.1 Å². The van der Waals surface area contributed by atoms with Gasteiger partial charge in [0.1, 0.15) is 6.54 Å².